The second-order valence-electron chi connectivity index (χ2n) is 26.3. The van der Waals surface area contributed by atoms with Crippen molar-refractivity contribution in [2.75, 3.05) is 13.2 Å². The lowest BCUT2D eigenvalue weighted by Crippen LogP contribution is -2.45. The van der Waals surface area contributed by atoms with Crippen LogP contribution >= 0.6 is 0 Å². The Hall–Kier alpha value is -2.18. The number of aliphatic hydroxyl groups is 2. The normalized spacial score (nSPS) is 12.8. The van der Waals surface area contributed by atoms with Crippen molar-refractivity contribution in [2.45, 2.75) is 431 Å². The van der Waals surface area contributed by atoms with E-state index < -0.39 is 12.1 Å². The molecule has 500 valence electrons. The Labute approximate surface area is 531 Å². The van der Waals surface area contributed by atoms with Crippen molar-refractivity contribution in [1.82, 2.24) is 5.32 Å². The zero-order chi connectivity index (χ0) is 61.3. The summed E-state index contributed by atoms with van der Waals surface area (Å²) in [6.45, 7) is 4.93. The second kappa shape index (κ2) is 74.3. The molecule has 0 aliphatic rings. The number of nitrogens with one attached hydrogen (secondary N) is 1. The summed E-state index contributed by atoms with van der Waals surface area (Å²) in [7, 11) is 0. The number of esters is 1. The number of amides is 1. The number of carbonyl (C=O) groups excluding carboxylic acids is 2. The molecule has 0 aromatic carbocycles. The van der Waals surface area contributed by atoms with E-state index in [1.54, 1.807) is 6.08 Å². The zero-order valence-corrected chi connectivity index (χ0v) is 57.4. The van der Waals surface area contributed by atoms with E-state index in [-0.39, 0.29) is 18.5 Å². The summed E-state index contributed by atoms with van der Waals surface area (Å²) in [5.41, 5.74) is 0. The fraction of sp³-hybridized carbons (Fsp3) is 0.873. The number of allylic oxidation sites excluding steroid dienone is 7. The van der Waals surface area contributed by atoms with Gasteiger partial charge in [0.2, 0.25) is 5.91 Å². The van der Waals surface area contributed by atoms with Gasteiger partial charge in [0.15, 0.2) is 0 Å². The minimum absolute atomic E-state index is 0.00475. The average Bonchev–Trinajstić information content (AvgIpc) is 3.51. The third-order valence-corrected chi connectivity index (χ3v) is 17.8. The van der Waals surface area contributed by atoms with Crippen LogP contribution in [0.25, 0.3) is 0 Å². The molecule has 0 aromatic rings. The Morgan fingerprint density at radius 1 is 0.329 bits per heavy atom. The van der Waals surface area contributed by atoms with Gasteiger partial charge in [0.1, 0.15) is 0 Å². The van der Waals surface area contributed by atoms with E-state index in [0.717, 1.165) is 51.4 Å². The zero-order valence-electron chi connectivity index (χ0n) is 57.4. The Morgan fingerprint density at radius 3 is 0.906 bits per heavy atom. The van der Waals surface area contributed by atoms with Crippen molar-refractivity contribution in [3.05, 3.63) is 48.6 Å². The lowest BCUT2D eigenvalue weighted by atomic mass is 10.0. The fourth-order valence-electron chi connectivity index (χ4n) is 12.0. The number of aliphatic hydroxyl groups excluding tert-OH is 2. The Bertz CT molecular complexity index is 1420. The predicted molar refractivity (Wildman–Crippen MR) is 375 cm³/mol. The first-order valence-electron chi connectivity index (χ1n) is 38.4. The summed E-state index contributed by atoms with van der Waals surface area (Å²) in [6, 6.07) is -0.631. The monoisotopic (exact) mass is 1190 g/mol. The van der Waals surface area contributed by atoms with Gasteiger partial charge in [-0.2, -0.15) is 0 Å². The molecule has 0 radical (unpaired) electrons. The van der Waals surface area contributed by atoms with Crippen LogP contribution in [0.2, 0.25) is 0 Å². The summed E-state index contributed by atoms with van der Waals surface area (Å²) in [5, 5.41) is 23.3. The van der Waals surface area contributed by atoms with Crippen LogP contribution in [0.4, 0.5) is 0 Å². The lowest BCUT2D eigenvalue weighted by molar-refractivity contribution is -0.143. The van der Waals surface area contributed by atoms with Crippen LogP contribution < -0.4 is 5.32 Å². The lowest BCUT2D eigenvalue weighted by Gasteiger charge is -2.20. The van der Waals surface area contributed by atoms with E-state index in [4.69, 9.17) is 4.74 Å². The Kier molecular flexibility index (Phi) is 72.4. The van der Waals surface area contributed by atoms with Gasteiger partial charge < -0.3 is 20.3 Å². The van der Waals surface area contributed by atoms with Crippen LogP contribution in [0.3, 0.4) is 0 Å². The molecule has 0 saturated carbocycles. The van der Waals surface area contributed by atoms with E-state index >= 15 is 0 Å². The van der Waals surface area contributed by atoms with Crippen LogP contribution in [0.5, 0.6) is 0 Å². The van der Waals surface area contributed by atoms with Crippen molar-refractivity contribution in [3.8, 4) is 0 Å². The van der Waals surface area contributed by atoms with Crippen molar-refractivity contribution in [2.24, 2.45) is 0 Å². The van der Waals surface area contributed by atoms with Gasteiger partial charge in [-0.05, 0) is 89.9 Å². The molecule has 0 heterocycles. The van der Waals surface area contributed by atoms with Gasteiger partial charge in [-0.1, -0.05) is 364 Å². The number of rotatable bonds is 72. The molecule has 0 saturated heterocycles. The first-order chi connectivity index (χ1) is 42.0. The summed E-state index contributed by atoms with van der Waals surface area (Å²) in [4.78, 5) is 24.6. The van der Waals surface area contributed by atoms with Crippen LogP contribution in [0, 0.1) is 0 Å². The molecule has 3 N–H and O–H groups in total. The van der Waals surface area contributed by atoms with E-state index in [1.807, 2.05) is 6.08 Å². The molecule has 2 atom stereocenters. The predicted octanol–water partition coefficient (Wildman–Crippen LogP) is 25.2. The molecule has 0 fully saturated rings. The van der Waals surface area contributed by atoms with E-state index in [1.165, 1.54) is 340 Å². The minimum atomic E-state index is -0.847. The maximum atomic E-state index is 12.5. The molecular formula is C79H149NO5. The number of unbranched alkanes of at least 4 members (excludes halogenated alkanes) is 55. The maximum Gasteiger partial charge on any atom is 0.305 e. The van der Waals surface area contributed by atoms with Crippen LogP contribution in [0.1, 0.15) is 418 Å². The first kappa shape index (κ1) is 82.8. The topological polar surface area (TPSA) is 95.9 Å². The van der Waals surface area contributed by atoms with E-state index in [0.29, 0.717) is 19.4 Å². The highest BCUT2D eigenvalue weighted by molar-refractivity contribution is 5.76. The molecule has 0 aromatic heterocycles. The molecule has 85 heavy (non-hydrogen) atoms. The highest BCUT2D eigenvalue weighted by atomic mass is 16.5. The molecule has 0 aliphatic carbocycles. The highest BCUT2D eigenvalue weighted by Crippen LogP contribution is 2.19. The van der Waals surface area contributed by atoms with Gasteiger partial charge in [0.05, 0.1) is 25.4 Å². The Morgan fingerprint density at radius 2 is 0.588 bits per heavy atom. The van der Waals surface area contributed by atoms with Crippen molar-refractivity contribution < 1.29 is 24.5 Å². The van der Waals surface area contributed by atoms with Crippen LogP contribution in [-0.2, 0) is 14.3 Å². The van der Waals surface area contributed by atoms with E-state index in [9.17, 15) is 19.8 Å². The van der Waals surface area contributed by atoms with Crippen LogP contribution in [0.15, 0.2) is 48.6 Å². The second-order valence-corrected chi connectivity index (χ2v) is 26.3. The fourth-order valence-corrected chi connectivity index (χ4v) is 12.0. The van der Waals surface area contributed by atoms with Gasteiger partial charge in [-0.15, -0.1) is 0 Å². The smallest absolute Gasteiger partial charge is 0.305 e. The van der Waals surface area contributed by atoms with Crippen LogP contribution in [-0.4, -0.2) is 47.4 Å². The van der Waals surface area contributed by atoms with Gasteiger partial charge in [-0.3, -0.25) is 9.59 Å². The number of ether oxygens (including phenoxy) is 1. The van der Waals surface area contributed by atoms with Gasteiger partial charge in [-0.25, -0.2) is 0 Å². The molecule has 0 aliphatic heterocycles. The standard InChI is InChI=1S/C79H149NO5/c1-3-5-7-9-11-13-15-17-19-21-22-23-31-34-37-40-43-47-51-55-59-63-67-71-77(82)76(75-81)80-78(83)72-68-64-60-56-52-48-44-41-38-35-32-29-27-25-24-26-28-30-33-36-39-42-46-50-54-58-62-66-70-74-85-79(84)73-69-65-61-57-53-49-45-20-18-16-14-12-10-8-6-4-2/h20,24,26,30,33,45,67,71,76-77,81-82H,3-19,21-23,25,27-29,31-32,34-44,46-66,68-70,72-75H2,1-2H3,(H,80,83)/b26-24-,33-30-,45-20-,71-67+. The summed E-state index contributed by atoms with van der Waals surface area (Å²) >= 11 is 0. The number of hydrogen-bond acceptors (Lipinski definition) is 5. The van der Waals surface area contributed by atoms with Crippen molar-refractivity contribution in [3.63, 3.8) is 0 Å². The number of hydrogen-bond donors (Lipinski definition) is 3. The van der Waals surface area contributed by atoms with Gasteiger partial charge >= 0.3 is 5.97 Å². The molecule has 1 amide bonds. The Balaban J connectivity index is 3.43. The summed E-state index contributed by atoms with van der Waals surface area (Å²) in [6.07, 6.45) is 97.8. The summed E-state index contributed by atoms with van der Waals surface area (Å²) < 4.78 is 5.49. The van der Waals surface area contributed by atoms with Crippen molar-refractivity contribution in [1.29, 1.82) is 0 Å². The van der Waals surface area contributed by atoms with E-state index in [2.05, 4.69) is 55.6 Å². The maximum absolute atomic E-state index is 12.5. The molecule has 0 rings (SSSR count). The largest absolute Gasteiger partial charge is 0.466 e. The third-order valence-electron chi connectivity index (χ3n) is 17.8. The average molecular weight is 1190 g/mol. The first-order valence-corrected chi connectivity index (χ1v) is 38.4. The van der Waals surface area contributed by atoms with Gasteiger partial charge in [0.25, 0.3) is 0 Å². The molecule has 6 nitrogen and oxygen atoms in total. The summed E-state index contributed by atoms with van der Waals surface area (Å²) in [5.74, 6) is -0.0603. The molecule has 0 spiro atoms. The quantitative estimate of drug-likeness (QED) is 0.0320. The SMILES string of the molecule is CCCCCCCCC/C=C\CCCCCCCC(=O)OCCCCCCCCCCC/C=C\C/C=C\CCCCCCCCCCCCCCCC(=O)NC(CO)C(O)/C=C/CCCCCCCCCCCCCCCCCCCCCCC. The highest BCUT2D eigenvalue weighted by Gasteiger charge is 2.18. The number of carbonyl (C=O) groups is 2. The molecule has 6 heteroatoms. The van der Waals surface area contributed by atoms with Gasteiger partial charge in [0, 0.05) is 12.8 Å². The molecule has 0 bridgehead atoms. The third kappa shape index (κ3) is 70.8. The minimum Gasteiger partial charge on any atom is -0.466 e. The molecular weight excluding hydrogens is 1040 g/mol. The molecule has 2 unspecified atom stereocenters. The van der Waals surface area contributed by atoms with Crippen molar-refractivity contribution >= 4 is 11.9 Å².